The van der Waals surface area contributed by atoms with Crippen molar-refractivity contribution in [3.63, 3.8) is 0 Å². The van der Waals surface area contributed by atoms with Crippen molar-refractivity contribution in [3.05, 3.63) is 34.9 Å². The lowest BCUT2D eigenvalue weighted by molar-refractivity contribution is 0.470. The molecule has 18 heavy (non-hydrogen) atoms. The predicted octanol–water partition coefficient (Wildman–Crippen LogP) is 4.36. The van der Waals surface area contributed by atoms with Crippen molar-refractivity contribution in [3.8, 4) is 0 Å². The highest BCUT2D eigenvalue weighted by atomic mass is 14.8. The molecule has 1 saturated carbocycles. The maximum atomic E-state index is 3.59. The van der Waals surface area contributed by atoms with Crippen LogP contribution in [0.3, 0.4) is 0 Å². The largest absolute Gasteiger partial charge is 0.313 e. The molecule has 0 amide bonds. The Hall–Kier alpha value is -0.820. The van der Waals surface area contributed by atoms with Crippen molar-refractivity contribution >= 4 is 0 Å². The third-order valence-corrected chi connectivity index (χ3v) is 4.47. The standard InChI is InChI=1S/C17H27N/c1-14-7-5-11-17(15(14)2)13-18-12-6-10-16-8-3-4-9-16/h5,7,11,16,18H,3-4,6,8-10,12-13H2,1-2H3. The lowest BCUT2D eigenvalue weighted by Gasteiger charge is -2.11. The number of hydrogen-bond acceptors (Lipinski definition) is 1. The maximum absolute atomic E-state index is 3.59. The lowest BCUT2D eigenvalue weighted by Crippen LogP contribution is -2.16. The van der Waals surface area contributed by atoms with Crippen molar-refractivity contribution in [2.45, 2.75) is 58.9 Å². The first kappa shape index (κ1) is 13.6. The second-order valence-corrected chi connectivity index (χ2v) is 5.83. The second-order valence-electron chi connectivity index (χ2n) is 5.83. The summed E-state index contributed by atoms with van der Waals surface area (Å²) in [5.41, 5.74) is 4.30. The van der Waals surface area contributed by atoms with Crippen LogP contribution in [0.15, 0.2) is 18.2 Å². The van der Waals surface area contributed by atoms with Gasteiger partial charge >= 0.3 is 0 Å². The molecule has 0 bridgehead atoms. The number of rotatable bonds is 6. The van der Waals surface area contributed by atoms with Gasteiger partial charge in [0.15, 0.2) is 0 Å². The van der Waals surface area contributed by atoms with E-state index in [9.17, 15) is 0 Å². The van der Waals surface area contributed by atoms with Crippen LogP contribution < -0.4 is 5.32 Å². The van der Waals surface area contributed by atoms with Crippen molar-refractivity contribution in [2.75, 3.05) is 6.54 Å². The normalized spacial score (nSPS) is 16.3. The van der Waals surface area contributed by atoms with E-state index in [1.807, 2.05) is 0 Å². The van der Waals surface area contributed by atoms with Gasteiger partial charge in [-0.3, -0.25) is 0 Å². The second kappa shape index (κ2) is 6.94. The highest BCUT2D eigenvalue weighted by Crippen LogP contribution is 2.28. The Morgan fingerprint density at radius 2 is 1.94 bits per heavy atom. The Morgan fingerprint density at radius 1 is 1.17 bits per heavy atom. The first-order chi connectivity index (χ1) is 8.77. The van der Waals surface area contributed by atoms with Gasteiger partial charge in [-0.2, -0.15) is 0 Å². The molecule has 1 aromatic carbocycles. The molecular formula is C17H27N. The molecule has 0 aliphatic heterocycles. The summed E-state index contributed by atoms with van der Waals surface area (Å²) in [7, 11) is 0. The van der Waals surface area contributed by atoms with Crippen LogP contribution in [-0.2, 0) is 6.54 Å². The zero-order chi connectivity index (χ0) is 12.8. The van der Waals surface area contributed by atoms with Crippen molar-refractivity contribution in [1.29, 1.82) is 0 Å². The summed E-state index contributed by atoms with van der Waals surface area (Å²) >= 11 is 0. The van der Waals surface area contributed by atoms with E-state index >= 15 is 0 Å². The fourth-order valence-corrected chi connectivity index (χ4v) is 3.04. The third kappa shape index (κ3) is 3.84. The van der Waals surface area contributed by atoms with Gasteiger partial charge in [0.05, 0.1) is 0 Å². The van der Waals surface area contributed by atoms with E-state index < -0.39 is 0 Å². The summed E-state index contributed by atoms with van der Waals surface area (Å²) in [6, 6.07) is 6.60. The topological polar surface area (TPSA) is 12.0 Å². The molecule has 1 aliphatic rings. The molecule has 1 fully saturated rings. The Balaban J connectivity index is 1.64. The van der Waals surface area contributed by atoms with Crippen LogP contribution in [0.1, 0.15) is 55.2 Å². The van der Waals surface area contributed by atoms with Gasteiger partial charge in [-0.1, -0.05) is 43.9 Å². The van der Waals surface area contributed by atoms with Crippen LogP contribution in [0.4, 0.5) is 0 Å². The van der Waals surface area contributed by atoms with Gasteiger partial charge in [0.25, 0.3) is 0 Å². The first-order valence-electron chi connectivity index (χ1n) is 7.53. The molecule has 1 aromatic rings. The lowest BCUT2D eigenvalue weighted by atomic mass is 10.0. The molecule has 0 radical (unpaired) electrons. The van der Waals surface area contributed by atoms with Gasteiger partial charge in [-0.25, -0.2) is 0 Å². The van der Waals surface area contributed by atoms with Crippen LogP contribution in [-0.4, -0.2) is 6.54 Å². The molecule has 1 N–H and O–H groups in total. The average Bonchev–Trinajstić information content (AvgIpc) is 2.87. The van der Waals surface area contributed by atoms with Crippen molar-refractivity contribution in [1.82, 2.24) is 5.32 Å². The number of hydrogen-bond donors (Lipinski definition) is 1. The van der Waals surface area contributed by atoms with Gasteiger partial charge in [-0.05, 0) is 55.8 Å². The Bertz CT molecular complexity index is 364. The molecule has 100 valence electrons. The number of aryl methyl sites for hydroxylation is 1. The Labute approximate surface area is 112 Å². The molecule has 0 aromatic heterocycles. The van der Waals surface area contributed by atoms with E-state index in [1.165, 1.54) is 61.8 Å². The van der Waals surface area contributed by atoms with Crippen molar-refractivity contribution in [2.24, 2.45) is 5.92 Å². The predicted molar refractivity (Wildman–Crippen MR) is 78.8 cm³/mol. The number of nitrogens with one attached hydrogen (secondary N) is 1. The zero-order valence-corrected chi connectivity index (χ0v) is 12.0. The van der Waals surface area contributed by atoms with E-state index in [-0.39, 0.29) is 0 Å². The highest BCUT2D eigenvalue weighted by Gasteiger charge is 2.13. The van der Waals surface area contributed by atoms with E-state index in [0.29, 0.717) is 0 Å². The van der Waals surface area contributed by atoms with E-state index in [4.69, 9.17) is 0 Å². The number of benzene rings is 1. The van der Waals surface area contributed by atoms with Crippen LogP contribution in [0, 0.1) is 19.8 Å². The molecule has 0 atom stereocenters. The molecule has 1 heteroatoms. The highest BCUT2D eigenvalue weighted by molar-refractivity contribution is 5.32. The monoisotopic (exact) mass is 245 g/mol. The zero-order valence-electron chi connectivity index (χ0n) is 12.0. The molecule has 0 unspecified atom stereocenters. The molecule has 2 rings (SSSR count). The van der Waals surface area contributed by atoms with Gasteiger partial charge in [-0.15, -0.1) is 0 Å². The SMILES string of the molecule is Cc1cccc(CNCCCC2CCCC2)c1C. The molecule has 0 heterocycles. The Kier molecular flexibility index (Phi) is 5.25. The smallest absolute Gasteiger partial charge is 0.0208 e. The van der Waals surface area contributed by atoms with E-state index in [1.54, 1.807) is 0 Å². The quantitative estimate of drug-likeness (QED) is 0.734. The van der Waals surface area contributed by atoms with Crippen molar-refractivity contribution < 1.29 is 0 Å². The average molecular weight is 245 g/mol. The fraction of sp³-hybridized carbons (Fsp3) is 0.647. The maximum Gasteiger partial charge on any atom is 0.0208 e. The van der Waals surface area contributed by atoms with Gasteiger partial charge < -0.3 is 5.32 Å². The first-order valence-corrected chi connectivity index (χ1v) is 7.53. The summed E-state index contributed by atoms with van der Waals surface area (Å²) in [5.74, 6) is 1.03. The van der Waals surface area contributed by atoms with Crippen LogP contribution in [0.2, 0.25) is 0 Å². The van der Waals surface area contributed by atoms with Crippen LogP contribution >= 0.6 is 0 Å². The summed E-state index contributed by atoms with van der Waals surface area (Å²) in [4.78, 5) is 0. The minimum Gasteiger partial charge on any atom is -0.313 e. The molecule has 0 spiro atoms. The minimum atomic E-state index is 1.03. The minimum absolute atomic E-state index is 1.03. The fourth-order valence-electron chi connectivity index (χ4n) is 3.04. The third-order valence-electron chi connectivity index (χ3n) is 4.47. The van der Waals surface area contributed by atoms with E-state index in [2.05, 4.69) is 37.4 Å². The van der Waals surface area contributed by atoms with Gasteiger partial charge in [0.2, 0.25) is 0 Å². The van der Waals surface area contributed by atoms with E-state index in [0.717, 1.165) is 12.5 Å². The molecule has 1 nitrogen and oxygen atoms in total. The van der Waals surface area contributed by atoms with Gasteiger partial charge in [0, 0.05) is 6.54 Å². The van der Waals surface area contributed by atoms with Crippen LogP contribution in [0.5, 0.6) is 0 Å². The summed E-state index contributed by atoms with van der Waals surface area (Å²) in [6.07, 6.45) is 8.68. The van der Waals surface area contributed by atoms with Crippen LogP contribution in [0.25, 0.3) is 0 Å². The summed E-state index contributed by atoms with van der Waals surface area (Å²) < 4.78 is 0. The molecule has 0 saturated heterocycles. The molecular weight excluding hydrogens is 218 g/mol. The van der Waals surface area contributed by atoms with Gasteiger partial charge in [0.1, 0.15) is 0 Å². The summed E-state index contributed by atoms with van der Waals surface area (Å²) in [5, 5.41) is 3.59. The Morgan fingerprint density at radius 3 is 2.72 bits per heavy atom. The summed E-state index contributed by atoms with van der Waals surface area (Å²) in [6.45, 7) is 6.62. The molecule has 1 aliphatic carbocycles.